The Morgan fingerprint density at radius 1 is 0.722 bits per heavy atom. The Kier molecular flexibility index (Phi) is 4.75. The Labute approximate surface area is 138 Å². The molecule has 6 heteroatoms. The molecule has 0 aliphatic heterocycles. The van der Waals surface area contributed by atoms with Crippen molar-refractivity contribution in [2.75, 3.05) is 0 Å². The van der Waals surface area contributed by atoms with Crippen molar-refractivity contribution >= 4 is 73.9 Å². The van der Waals surface area contributed by atoms with Gasteiger partial charge in [-0.1, -0.05) is 64.1 Å². The normalized spacial score (nSPS) is 10.8. The van der Waals surface area contributed by atoms with Crippen molar-refractivity contribution in [2.45, 2.75) is 0 Å². The van der Waals surface area contributed by atoms with Crippen LogP contribution in [0.15, 0.2) is 28.7 Å². The molecular weight excluding hydrogens is 401 g/mol. The van der Waals surface area contributed by atoms with Gasteiger partial charge in [-0.25, -0.2) is 0 Å². The molecule has 0 N–H and O–H groups in total. The summed E-state index contributed by atoms with van der Waals surface area (Å²) in [7, 11) is 0. The molecule has 0 amide bonds. The van der Waals surface area contributed by atoms with Gasteiger partial charge >= 0.3 is 0 Å². The SMILES string of the molecule is Clc1cc(-c2cc(Cl)c(Cl)c(Cl)c2Cl)ccc1Br. The summed E-state index contributed by atoms with van der Waals surface area (Å²) in [6, 6.07) is 7.12. The average molecular weight is 405 g/mol. The number of hydrogen-bond acceptors (Lipinski definition) is 0. The fourth-order valence-electron chi connectivity index (χ4n) is 1.45. The quantitative estimate of drug-likeness (QED) is 0.343. The van der Waals surface area contributed by atoms with Crippen LogP contribution in [0.3, 0.4) is 0 Å². The van der Waals surface area contributed by atoms with Gasteiger partial charge in [0.2, 0.25) is 0 Å². The number of benzene rings is 2. The molecule has 0 atom stereocenters. The number of halogens is 6. The highest BCUT2D eigenvalue weighted by atomic mass is 79.9. The van der Waals surface area contributed by atoms with Crippen molar-refractivity contribution < 1.29 is 0 Å². The van der Waals surface area contributed by atoms with Crippen molar-refractivity contribution in [1.82, 2.24) is 0 Å². The van der Waals surface area contributed by atoms with E-state index in [1.54, 1.807) is 12.1 Å². The van der Waals surface area contributed by atoms with Crippen molar-refractivity contribution in [3.05, 3.63) is 53.9 Å². The average Bonchev–Trinajstić information content (AvgIpc) is 2.35. The van der Waals surface area contributed by atoms with E-state index in [-0.39, 0.29) is 10.0 Å². The van der Waals surface area contributed by atoms with Gasteiger partial charge in [0.05, 0.1) is 25.1 Å². The van der Waals surface area contributed by atoms with Crippen LogP contribution in [0.4, 0.5) is 0 Å². The van der Waals surface area contributed by atoms with Crippen LogP contribution in [0, 0.1) is 0 Å². The lowest BCUT2D eigenvalue weighted by Gasteiger charge is -2.10. The summed E-state index contributed by atoms with van der Waals surface area (Å²) in [5.41, 5.74) is 1.50. The van der Waals surface area contributed by atoms with Crippen molar-refractivity contribution in [2.24, 2.45) is 0 Å². The van der Waals surface area contributed by atoms with Gasteiger partial charge in [-0.3, -0.25) is 0 Å². The maximum Gasteiger partial charge on any atom is 0.0800 e. The minimum absolute atomic E-state index is 0.236. The highest BCUT2D eigenvalue weighted by molar-refractivity contribution is 9.10. The number of hydrogen-bond donors (Lipinski definition) is 0. The monoisotopic (exact) mass is 402 g/mol. The molecule has 2 aromatic rings. The molecule has 0 nitrogen and oxygen atoms in total. The standard InChI is InChI=1S/C12H4BrCl5/c13-7-2-1-5(3-8(7)14)6-4-9(15)11(17)12(18)10(6)16/h1-4H. The molecule has 2 aromatic carbocycles. The molecule has 0 unspecified atom stereocenters. The van der Waals surface area contributed by atoms with Crippen molar-refractivity contribution in [1.29, 1.82) is 0 Å². The van der Waals surface area contributed by atoms with Gasteiger partial charge in [-0.2, -0.15) is 0 Å². The predicted octanol–water partition coefficient (Wildman–Crippen LogP) is 7.38. The molecular formula is C12H4BrCl5. The van der Waals surface area contributed by atoms with E-state index < -0.39 is 0 Å². The van der Waals surface area contributed by atoms with Gasteiger partial charge in [0.15, 0.2) is 0 Å². The second-order valence-corrected chi connectivity index (χ2v) is 6.28. The lowest BCUT2D eigenvalue weighted by Crippen LogP contribution is -1.84. The predicted molar refractivity (Wildman–Crippen MR) is 84.6 cm³/mol. The Balaban J connectivity index is 2.67. The molecule has 0 spiro atoms. The summed E-state index contributed by atoms with van der Waals surface area (Å²) in [5.74, 6) is 0. The zero-order valence-electron chi connectivity index (χ0n) is 8.58. The topological polar surface area (TPSA) is 0 Å². The van der Waals surface area contributed by atoms with Gasteiger partial charge < -0.3 is 0 Å². The van der Waals surface area contributed by atoms with E-state index in [1.165, 1.54) is 0 Å². The van der Waals surface area contributed by atoms with Gasteiger partial charge in [-0.15, -0.1) is 0 Å². The van der Waals surface area contributed by atoms with Crippen molar-refractivity contribution in [3.8, 4) is 11.1 Å². The third-order valence-electron chi connectivity index (χ3n) is 2.33. The van der Waals surface area contributed by atoms with Gasteiger partial charge in [0.1, 0.15) is 0 Å². The smallest absolute Gasteiger partial charge is 0.0800 e. The molecule has 0 radical (unpaired) electrons. The molecule has 2 rings (SSSR count). The van der Waals surface area contributed by atoms with Crippen LogP contribution in [-0.4, -0.2) is 0 Å². The van der Waals surface area contributed by atoms with Crippen LogP contribution in [0.2, 0.25) is 25.1 Å². The number of rotatable bonds is 1. The first-order valence-electron chi connectivity index (χ1n) is 4.70. The maximum absolute atomic E-state index is 6.17. The summed E-state index contributed by atoms with van der Waals surface area (Å²) < 4.78 is 0.801. The third kappa shape index (κ3) is 2.77. The van der Waals surface area contributed by atoms with E-state index in [0.29, 0.717) is 20.6 Å². The molecule has 0 saturated heterocycles. The summed E-state index contributed by atoms with van der Waals surface area (Å²) in [4.78, 5) is 0. The molecule has 0 bridgehead atoms. The van der Waals surface area contributed by atoms with Gasteiger partial charge in [0.25, 0.3) is 0 Å². The Bertz CT molecular complexity index is 624. The van der Waals surface area contributed by atoms with Crippen LogP contribution in [0.25, 0.3) is 11.1 Å². The van der Waals surface area contributed by atoms with E-state index in [9.17, 15) is 0 Å². The van der Waals surface area contributed by atoms with Crippen LogP contribution in [0.1, 0.15) is 0 Å². The summed E-state index contributed by atoms with van der Waals surface area (Å²) >= 11 is 33.5. The molecule has 0 heterocycles. The fourth-order valence-corrected chi connectivity index (χ4v) is 2.78. The summed E-state index contributed by atoms with van der Waals surface area (Å²) in [6.45, 7) is 0. The largest absolute Gasteiger partial charge is 0.0831 e. The zero-order valence-corrected chi connectivity index (χ0v) is 13.9. The van der Waals surface area contributed by atoms with E-state index in [0.717, 1.165) is 10.0 Å². The van der Waals surface area contributed by atoms with Gasteiger partial charge in [-0.05, 0) is 39.7 Å². The van der Waals surface area contributed by atoms with E-state index in [4.69, 9.17) is 58.0 Å². The molecule has 0 saturated carbocycles. The van der Waals surface area contributed by atoms with Crippen LogP contribution in [-0.2, 0) is 0 Å². The van der Waals surface area contributed by atoms with Gasteiger partial charge in [0, 0.05) is 10.0 Å². The lowest BCUT2D eigenvalue weighted by molar-refractivity contribution is 1.59. The van der Waals surface area contributed by atoms with Crippen LogP contribution < -0.4 is 0 Å². The van der Waals surface area contributed by atoms with Crippen molar-refractivity contribution in [3.63, 3.8) is 0 Å². The van der Waals surface area contributed by atoms with Crippen LogP contribution >= 0.6 is 73.9 Å². The zero-order chi connectivity index (χ0) is 13.4. The van der Waals surface area contributed by atoms with E-state index >= 15 is 0 Å². The third-order valence-corrected chi connectivity index (χ3v) is 5.32. The Morgan fingerprint density at radius 2 is 1.39 bits per heavy atom. The second kappa shape index (κ2) is 5.78. The fraction of sp³-hybridized carbons (Fsp3) is 0. The first-order chi connectivity index (χ1) is 8.41. The minimum Gasteiger partial charge on any atom is -0.0831 e. The first-order valence-corrected chi connectivity index (χ1v) is 7.38. The molecule has 94 valence electrons. The summed E-state index contributed by atoms with van der Waals surface area (Å²) in [5, 5.41) is 1.76. The summed E-state index contributed by atoms with van der Waals surface area (Å²) in [6.07, 6.45) is 0. The molecule has 0 aromatic heterocycles. The Morgan fingerprint density at radius 3 is 2.00 bits per heavy atom. The maximum atomic E-state index is 6.17. The Hall–Kier alpha value is 0.370. The molecule has 0 aliphatic rings. The van der Waals surface area contributed by atoms with Crippen LogP contribution in [0.5, 0.6) is 0 Å². The molecule has 0 aliphatic carbocycles. The second-order valence-electron chi connectivity index (χ2n) is 3.48. The molecule has 0 fully saturated rings. The highest BCUT2D eigenvalue weighted by Gasteiger charge is 2.15. The van der Waals surface area contributed by atoms with E-state index in [2.05, 4.69) is 15.9 Å². The highest BCUT2D eigenvalue weighted by Crippen LogP contribution is 2.43. The molecule has 18 heavy (non-hydrogen) atoms. The minimum atomic E-state index is 0.236. The lowest BCUT2D eigenvalue weighted by atomic mass is 10.1. The van der Waals surface area contributed by atoms with E-state index in [1.807, 2.05) is 12.1 Å². The first kappa shape index (κ1) is 14.8.